The highest BCUT2D eigenvalue weighted by Gasteiger charge is 2.53. The van der Waals surface area contributed by atoms with E-state index in [2.05, 4.69) is 20.6 Å². The van der Waals surface area contributed by atoms with Gasteiger partial charge in [0.2, 0.25) is 0 Å². The molecule has 7 nitrogen and oxygen atoms in total. The molecule has 1 aromatic carbocycles. The van der Waals surface area contributed by atoms with Crippen LogP contribution in [0.15, 0.2) is 73.3 Å². The number of rotatable bonds is 8. The lowest BCUT2D eigenvalue weighted by Gasteiger charge is -2.51. The summed E-state index contributed by atoms with van der Waals surface area (Å²) in [6.45, 7) is 5.12. The molecule has 2 aromatic heterocycles. The number of hydrogen-bond donors (Lipinski definition) is 2. The molecule has 3 heterocycles. The maximum Gasteiger partial charge on any atom is 0.253 e. The van der Waals surface area contributed by atoms with Crippen molar-refractivity contribution in [1.29, 1.82) is 0 Å². The number of hydrogen-bond acceptors (Lipinski definition) is 6. The smallest absolute Gasteiger partial charge is 0.253 e. The van der Waals surface area contributed by atoms with Crippen molar-refractivity contribution in [2.24, 2.45) is 0 Å². The predicted molar refractivity (Wildman–Crippen MR) is 130 cm³/mol. The van der Waals surface area contributed by atoms with Gasteiger partial charge in [-0.3, -0.25) is 14.8 Å². The maximum absolute atomic E-state index is 13.4. The summed E-state index contributed by atoms with van der Waals surface area (Å²) in [6, 6.07) is 15.2. The van der Waals surface area contributed by atoms with E-state index in [1.165, 1.54) is 0 Å². The van der Waals surface area contributed by atoms with Crippen molar-refractivity contribution in [3.63, 3.8) is 0 Å². The van der Waals surface area contributed by atoms with E-state index in [9.17, 15) is 4.79 Å². The number of carbonyl (C=O) groups excluding carboxylic acids is 1. The minimum Gasteiger partial charge on any atom is -0.373 e. The van der Waals surface area contributed by atoms with Crippen molar-refractivity contribution < 1.29 is 14.3 Å². The zero-order chi connectivity index (χ0) is 24.0. The lowest BCUT2D eigenvalue weighted by Crippen LogP contribution is -2.63. The van der Waals surface area contributed by atoms with E-state index in [1.807, 2.05) is 62.4 Å². The number of piperidine rings is 1. The fourth-order valence-corrected chi connectivity index (χ4v) is 4.91. The number of nitrogens with one attached hydrogen (secondary N) is 2. The van der Waals surface area contributed by atoms with Crippen molar-refractivity contribution in [3.05, 3.63) is 95.6 Å². The van der Waals surface area contributed by atoms with Gasteiger partial charge in [0.1, 0.15) is 11.7 Å². The first-order valence-corrected chi connectivity index (χ1v) is 11.7. The molecule has 4 unspecified atom stereocenters. The Kier molecular flexibility index (Phi) is 7.67. The third-order valence-electron chi connectivity index (χ3n) is 6.49. The molecule has 2 N–H and O–H groups in total. The molecule has 3 aromatic rings. The highest BCUT2D eigenvalue weighted by atomic mass is 16.5. The summed E-state index contributed by atoms with van der Waals surface area (Å²) in [5.74, 6) is -0.198. The van der Waals surface area contributed by atoms with Crippen LogP contribution in [-0.2, 0) is 9.47 Å². The molecule has 0 bridgehead atoms. The van der Waals surface area contributed by atoms with Crippen molar-refractivity contribution in [1.82, 2.24) is 20.6 Å². The highest BCUT2D eigenvalue weighted by Crippen LogP contribution is 2.44. The van der Waals surface area contributed by atoms with Gasteiger partial charge in [-0.15, -0.1) is 0 Å². The van der Waals surface area contributed by atoms with E-state index in [0.717, 1.165) is 16.7 Å². The average molecular weight is 461 g/mol. The standard InChI is InChI=1S/C27H32N4O3/c1-4-34-25-23(20-10-13-28-14-11-20)30-15-12-27(25,33-3)24(21-8-6-5-7-9-21)31-26(32)22-16-19(2)17-29-18-22/h5-11,13-14,16-18,23-25,30H,4,12,15H2,1-3H3,(H,31,32). The topological polar surface area (TPSA) is 85.4 Å². The van der Waals surface area contributed by atoms with E-state index >= 15 is 0 Å². The molecule has 0 radical (unpaired) electrons. The molecule has 7 heteroatoms. The number of ether oxygens (including phenoxy) is 2. The maximum atomic E-state index is 13.4. The molecular formula is C27H32N4O3. The molecule has 0 spiro atoms. The molecule has 1 aliphatic rings. The minimum atomic E-state index is -0.816. The zero-order valence-electron chi connectivity index (χ0n) is 19.9. The number of pyridine rings is 2. The second-order valence-electron chi connectivity index (χ2n) is 8.57. The third-order valence-corrected chi connectivity index (χ3v) is 6.49. The Morgan fingerprint density at radius 1 is 1.18 bits per heavy atom. The Bertz CT molecular complexity index is 1080. The molecule has 1 amide bonds. The molecular weight excluding hydrogens is 428 g/mol. The summed E-state index contributed by atoms with van der Waals surface area (Å²) in [4.78, 5) is 21.8. The van der Waals surface area contributed by atoms with Crippen LogP contribution < -0.4 is 10.6 Å². The predicted octanol–water partition coefficient (Wildman–Crippen LogP) is 3.78. The Morgan fingerprint density at radius 2 is 1.94 bits per heavy atom. The number of benzene rings is 1. The largest absolute Gasteiger partial charge is 0.373 e. The van der Waals surface area contributed by atoms with Crippen molar-refractivity contribution >= 4 is 5.91 Å². The summed E-state index contributed by atoms with van der Waals surface area (Å²) in [5, 5.41) is 6.88. The van der Waals surface area contributed by atoms with Crippen molar-refractivity contribution in [2.75, 3.05) is 20.3 Å². The summed E-state index contributed by atoms with van der Waals surface area (Å²) in [5.41, 5.74) is 2.65. The van der Waals surface area contributed by atoms with Gasteiger partial charge in [0.15, 0.2) is 0 Å². The van der Waals surface area contributed by atoms with E-state index in [0.29, 0.717) is 25.1 Å². The first-order chi connectivity index (χ1) is 16.6. The van der Waals surface area contributed by atoms with Gasteiger partial charge in [-0.05, 0) is 61.7 Å². The number of methoxy groups -OCH3 is 1. The van der Waals surface area contributed by atoms with Crippen LogP contribution >= 0.6 is 0 Å². The normalized spacial score (nSPS) is 23.3. The quantitative estimate of drug-likeness (QED) is 0.532. The fraction of sp³-hybridized carbons (Fsp3) is 0.370. The van der Waals surface area contributed by atoms with Gasteiger partial charge < -0.3 is 20.1 Å². The van der Waals surface area contributed by atoms with Gasteiger partial charge in [-0.2, -0.15) is 0 Å². The molecule has 4 atom stereocenters. The molecule has 34 heavy (non-hydrogen) atoms. The number of nitrogens with zero attached hydrogens (tertiary/aromatic N) is 2. The van der Waals surface area contributed by atoms with Crippen LogP contribution in [0.25, 0.3) is 0 Å². The summed E-state index contributed by atoms with van der Waals surface area (Å²) in [7, 11) is 1.71. The average Bonchev–Trinajstić information content (AvgIpc) is 2.88. The second kappa shape index (κ2) is 10.9. The van der Waals surface area contributed by atoms with E-state index in [4.69, 9.17) is 9.47 Å². The van der Waals surface area contributed by atoms with Crippen LogP contribution in [0.1, 0.15) is 52.5 Å². The van der Waals surface area contributed by atoms with Gasteiger partial charge >= 0.3 is 0 Å². The molecule has 0 aliphatic carbocycles. The highest BCUT2D eigenvalue weighted by molar-refractivity contribution is 5.94. The minimum absolute atomic E-state index is 0.125. The fourth-order valence-electron chi connectivity index (χ4n) is 4.91. The Balaban J connectivity index is 1.78. The van der Waals surface area contributed by atoms with Crippen LogP contribution in [0.4, 0.5) is 0 Å². The summed E-state index contributed by atoms with van der Waals surface area (Å²) < 4.78 is 12.8. The van der Waals surface area contributed by atoms with E-state index in [-0.39, 0.29) is 18.1 Å². The van der Waals surface area contributed by atoms with Crippen LogP contribution in [0.3, 0.4) is 0 Å². The molecule has 1 saturated heterocycles. The SMILES string of the molecule is CCOC1C(c2ccncc2)NCCC1(OC)C(NC(=O)c1cncc(C)c1)c1ccccc1. The number of aromatic nitrogens is 2. The summed E-state index contributed by atoms with van der Waals surface area (Å²) in [6.07, 6.45) is 7.18. The van der Waals surface area contributed by atoms with Crippen LogP contribution in [-0.4, -0.2) is 47.8 Å². The Morgan fingerprint density at radius 3 is 2.62 bits per heavy atom. The first kappa shape index (κ1) is 24.0. The lowest BCUT2D eigenvalue weighted by molar-refractivity contribution is -0.174. The van der Waals surface area contributed by atoms with Crippen molar-refractivity contribution in [3.8, 4) is 0 Å². The molecule has 178 valence electrons. The zero-order valence-corrected chi connectivity index (χ0v) is 19.9. The van der Waals surface area contributed by atoms with E-state index < -0.39 is 11.6 Å². The number of carbonyl (C=O) groups is 1. The van der Waals surface area contributed by atoms with Crippen LogP contribution in [0.5, 0.6) is 0 Å². The van der Waals surface area contributed by atoms with Gasteiger partial charge in [-0.1, -0.05) is 30.3 Å². The van der Waals surface area contributed by atoms with E-state index in [1.54, 1.807) is 31.9 Å². The van der Waals surface area contributed by atoms with Gasteiger partial charge in [0, 0.05) is 38.5 Å². The van der Waals surface area contributed by atoms with Crippen LogP contribution in [0, 0.1) is 6.92 Å². The first-order valence-electron chi connectivity index (χ1n) is 11.7. The number of amides is 1. The Labute approximate surface area is 200 Å². The van der Waals surface area contributed by atoms with Gasteiger partial charge in [0.05, 0.1) is 17.6 Å². The lowest BCUT2D eigenvalue weighted by atomic mass is 9.74. The third kappa shape index (κ3) is 4.87. The molecule has 0 saturated carbocycles. The van der Waals surface area contributed by atoms with Gasteiger partial charge in [-0.25, -0.2) is 0 Å². The van der Waals surface area contributed by atoms with Crippen molar-refractivity contribution in [2.45, 2.75) is 44.1 Å². The Hall–Kier alpha value is -3.13. The molecule has 1 fully saturated rings. The van der Waals surface area contributed by atoms with Gasteiger partial charge in [0.25, 0.3) is 5.91 Å². The number of aryl methyl sites for hydroxylation is 1. The van der Waals surface area contributed by atoms with Crippen LogP contribution in [0.2, 0.25) is 0 Å². The molecule has 1 aliphatic heterocycles. The second-order valence-corrected chi connectivity index (χ2v) is 8.57. The summed E-state index contributed by atoms with van der Waals surface area (Å²) >= 11 is 0. The monoisotopic (exact) mass is 460 g/mol. The molecule has 4 rings (SSSR count).